The Morgan fingerprint density at radius 2 is 1.89 bits per heavy atom. The smallest absolute Gasteiger partial charge is 0.151 e. The quantitative estimate of drug-likeness (QED) is 0.277. The van der Waals surface area contributed by atoms with Gasteiger partial charge < -0.3 is 9.47 Å². The minimum atomic E-state index is 0.0745. The van der Waals surface area contributed by atoms with Gasteiger partial charge in [-0.2, -0.15) is 10.4 Å². The number of aryl methyl sites for hydroxylation is 1. The Hall–Kier alpha value is -4.06. The average molecular weight is 508 g/mol. The number of fused-ring (bicyclic) bond motifs is 1. The summed E-state index contributed by atoms with van der Waals surface area (Å²) in [6, 6.07) is 22.6. The fraction of sp³-hybridized carbons (Fsp3) is 0.207. The Morgan fingerprint density at radius 1 is 1.05 bits per heavy atom. The van der Waals surface area contributed by atoms with E-state index in [0.29, 0.717) is 24.5 Å². The van der Waals surface area contributed by atoms with Crippen LogP contribution < -0.4 is 4.74 Å². The molecule has 0 atom stereocenters. The number of hydrogen-bond donors (Lipinski definition) is 0. The van der Waals surface area contributed by atoms with E-state index in [2.05, 4.69) is 33.3 Å². The van der Waals surface area contributed by atoms with E-state index < -0.39 is 0 Å². The molecule has 1 aliphatic heterocycles. The van der Waals surface area contributed by atoms with Gasteiger partial charge in [-0.3, -0.25) is 8.65 Å². The molecule has 184 valence electrons. The van der Waals surface area contributed by atoms with Crippen molar-refractivity contribution < 1.29 is 9.47 Å². The van der Waals surface area contributed by atoms with Crippen molar-refractivity contribution in [2.24, 2.45) is 7.05 Å². The molecule has 0 saturated carbocycles. The maximum atomic E-state index is 9.91. The van der Waals surface area contributed by atoms with E-state index in [9.17, 15) is 5.26 Å². The highest BCUT2D eigenvalue weighted by Crippen LogP contribution is 2.39. The monoisotopic (exact) mass is 507 g/mol. The Balaban J connectivity index is 1.44. The highest BCUT2D eigenvalue weighted by Gasteiger charge is 2.20. The first-order valence-electron chi connectivity index (χ1n) is 12.2. The standard InChI is InChI=1S/C29H25N5O2S/c1-33-19-22(18-32-33)27-16-26-25(9-12-31-29(26)34(27)37-24-5-3-2-4-6-24)20-7-8-28(21(15-20)17-30)36-23-10-13-35-14-11-23/h2-9,12,15-16,18-19,23H,10-11,13-14H2,1H3. The number of ether oxygens (including phenoxy) is 2. The molecule has 0 spiro atoms. The zero-order valence-corrected chi connectivity index (χ0v) is 21.2. The molecule has 0 amide bonds. The largest absolute Gasteiger partial charge is 0.489 e. The first-order valence-corrected chi connectivity index (χ1v) is 13.0. The van der Waals surface area contributed by atoms with Crippen LogP contribution in [0.2, 0.25) is 0 Å². The molecule has 7 nitrogen and oxygen atoms in total. The highest BCUT2D eigenvalue weighted by atomic mass is 32.2. The number of nitriles is 1. The molecule has 1 saturated heterocycles. The second kappa shape index (κ2) is 10.1. The molecule has 0 N–H and O–H groups in total. The van der Waals surface area contributed by atoms with E-state index in [1.165, 1.54) is 0 Å². The summed E-state index contributed by atoms with van der Waals surface area (Å²) in [5.41, 5.74) is 5.36. The molecule has 1 aliphatic rings. The third-order valence-corrected chi connectivity index (χ3v) is 7.51. The number of benzene rings is 2. The van der Waals surface area contributed by atoms with Gasteiger partial charge in [-0.1, -0.05) is 24.3 Å². The molecular formula is C29H25N5O2S. The lowest BCUT2D eigenvalue weighted by Gasteiger charge is -2.23. The summed E-state index contributed by atoms with van der Waals surface area (Å²) in [6.07, 6.45) is 7.44. The van der Waals surface area contributed by atoms with Crippen LogP contribution in [0, 0.1) is 11.3 Å². The molecule has 0 aliphatic carbocycles. The summed E-state index contributed by atoms with van der Waals surface area (Å²) in [6.45, 7) is 1.38. The topological polar surface area (TPSA) is 77.9 Å². The zero-order valence-electron chi connectivity index (χ0n) is 20.4. The van der Waals surface area contributed by atoms with Crippen molar-refractivity contribution in [2.45, 2.75) is 23.8 Å². The van der Waals surface area contributed by atoms with Gasteiger partial charge in [0.2, 0.25) is 0 Å². The predicted molar refractivity (Wildman–Crippen MR) is 144 cm³/mol. The zero-order chi connectivity index (χ0) is 25.2. The molecule has 3 aromatic heterocycles. The van der Waals surface area contributed by atoms with Crippen molar-refractivity contribution >= 4 is 23.0 Å². The Kier molecular flexibility index (Phi) is 6.39. The van der Waals surface area contributed by atoms with Crippen LogP contribution in [0.5, 0.6) is 5.75 Å². The number of rotatable bonds is 6. The van der Waals surface area contributed by atoms with Crippen LogP contribution >= 0.6 is 11.9 Å². The van der Waals surface area contributed by atoms with Gasteiger partial charge in [0.1, 0.15) is 17.9 Å². The summed E-state index contributed by atoms with van der Waals surface area (Å²) in [5, 5.41) is 15.3. The minimum absolute atomic E-state index is 0.0745. The maximum Gasteiger partial charge on any atom is 0.151 e. The van der Waals surface area contributed by atoms with E-state index in [0.717, 1.165) is 51.2 Å². The number of pyridine rings is 1. The summed E-state index contributed by atoms with van der Waals surface area (Å²) in [7, 11) is 1.91. The molecule has 0 unspecified atom stereocenters. The van der Waals surface area contributed by atoms with Gasteiger partial charge >= 0.3 is 0 Å². The molecule has 4 heterocycles. The van der Waals surface area contributed by atoms with Crippen molar-refractivity contribution in [1.82, 2.24) is 18.7 Å². The lowest BCUT2D eigenvalue weighted by Crippen LogP contribution is -2.26. The predicted octanol–water partition coefficient (Wildman–Crippen LogP) is 6.09. The Labute approximate surface area is 219 Å². The maximum absolute atomic E-state index is 9.91. The molecule has 37 heavy (non-hydrogen) atoms. The van der Waals surface area contributed by atoms with Gasteiger partial charge in [0.15, 0.2) is 5.65 Å². The van der Waals surface area contributed by atoms with Crippen molar-refractivity contribution in [3.8, 4) is 34.2 Å². The van der Waals surface area contributed by atoms with Crippen LogP contribution in [-0.4, -0.2) is 38.1 Å². The third-order valence-electron chi connectivity index (χ3n) is 6.47. The third kappa shape index (κ3) is 4.71. The van der Waals surface area contributed by atoms with Crippen molar-refractivity contribution in [3.63, 3.8) is 0 Å². The van der Waals surface area contributed by atoms with Gasteiger partial charge in [0.05, 0.1) is 30.7 Å². The van der Waals surface area contributed by atoms with Gasteiger partial charge in [0.25, 0.3) is 0 Å². The molecule has 2 aromatic carbocycles. The van der Waals surface area contributed by atoms with E-state index in [4.69, 9.17) is 14.5 Å². The average Bonchev–Trinajstić information content (AvgIpc) is 3.53. The highest BCUT2D eigenvalue weighted by molar-refractivity contribution is 7.98. The molecule has 0 radical (unpaired) electrons. The second-order valence-electron chi connectivity index (χ2n) is 8.98. The van der Waals surface area contributed by atoms with E-state index in [-0.39, 0.29) is 6.10 Å². The summed E-state index contributed by atoms with van der Waals surface area (Å²) >= 11 is 1.62. The molecule has 6 rings (SSSR count). The SMILES string of the molecule is Cn1cc(-c2cc3c(-c4ccc(OC5CCOCC5)c(C#N)c4)ccnc3n2Sc2ccccc2)cn1. The number of aromatic nitrogens is 4. The van der Waals surface area contributed by atoms with Crippen LogP contribution in [0.25, 0.3) is 33.4 Å². The normalized spacial score (nSPS) is 14.1. The lowest BCUT2D eigenvalue weighted by atomic mass is 10.0. The summed E-state index contributed by atoms with van der Waals surface area (Å²) in [4.78, 5) is 5.88. The van der Waals surface area contributed by atoms with Crippen LogP contribution in [0.3, 0.4) is 0 Å². The fourth-order valence-electron chi connectivity index (χ4n) is 4.62. The molecular weight excluding hydrogens is 482 g/mol. The summed E-state index contributed by atoms with van der Waals surface area (Å²) < 4.78 is 15.6. The second-order valence-corrected chi connectivity index (χ2v) is 10.00. The minimum Gasteiger partial charge on any atom is -0.489 e. The summed E-state index contributed by atoms with van der Waals surface area (Å²) in [5.74, 6) is 0.622. The van der Waals surface area contributed by atoms with Crippen molar-refractivity contribution in [3.05, 3.63) is 84.8 Å². The first kappa shape index (κ1) is 23.3. The lowest BCUT2D eigenvalue weighted by molar-refractivity contribution is 0.0254. The Morgan fingerprint density at radius 3 is 2.65 bits per heavy atom. The molecule has 0 bridgehead atoms. The van der Waals surface area contributed by atoms with Crippen LogP contribution in [0.4, 0.5) is 0 Å². The molecule has 8 heteroatoms. The van der Waals surface area contributed by atoms with Crippen LogP contribution in [-0.2, 0) is 11.8 Å². The van der Waals surface area contributed by atoms with Gasteiger partial charge in [-0.05, 0) is 59.5 Å². The van der Waals surface area contributed by atoms with E-state index in [1.54, 1.807) is 16.6 Å². The number of hydrogen-bond acceptors (Lipinski definition) is 6. The van der Waals surface area contributed by atoms with Gasteiger partial charge in [-0.25, -0.2) is 4.98 Å². The number of nitrogens with zero attached hydrogens (tertiary/aromatic N) is 5. The van der Waals surface area contributed by atoms with Crippen molar-refractivity contribution in [2.75, 3.05) is 13.2 Å². The van der Waals surface area contributed by atoms with Gasteiger partial charge in [-0.15, -0.1) is 0 Å². The van der Waals surface area contributed by atoms with E-state index >= 15 is 0 Å². The van der Waals surface area contributed by atoms with E-state index in [1.807, 2.05) is 68.1 Å². The molecule has 5 aromatic rings. The van der Waals surface area contributed by atoms with Crippen molar-refractivity contribution in [1.29, 1.82) is 5.26 Å². The van der Waals surface area contributed by atoms with Gasteiger partial charge in [0, 0.05) is 48.1 Å². The van der Waals surface area contributed by atoms with Crippen LogP contribution in [0.1, 0.15) is 18.4 Å². The first-order chi connectivity index (χ1) is 18.2. The fourth-order valence-corrected chi connectivity index (χ4v) is 5.60. The molecule has 1 fully saturated rings. The Bertz CT molecular complexity index is 1600. The van der Waals surface area contributed by atoms with Crippen LogP contribution in [0.15, 0.2) is 84.1 Å².